The lowest BCUT2D eigenvalue weighted by Crippen LogP contribution is -2.43. The van der Waals surface area contributed by atoms with Crippen molar-refractivity contribution in [2.45, 2.75) is 24.8 Å². The Balaban J connectivity index is 1.41. The third kappa shape index (κ3) is 4.54. The van der Waals surface area contributed by atoms with Crippen LogP contribution in [0.25, 0.3) is 0 Å². The van der Waals surface area contributed by atoms with Gasteiger partial charge in [0, 0.05) is 50.6 Å². The summed E-state index contributed by atoms with van der Waals surface area (Å²) in [5, 5.41) is 0. The first-order valence-corrected chi connectivity index (χ1v) is 9.91. The van der Waals surface area contributed by atoms with Gasteiger partial charge < -0.3 is 9.64 Å². The summed E-state index contributed by atoms with van der Waals surface area (Å²) in [5.41, 5.74) is 2.27. The molecule has 1 aromatic carbocycles. The largest absolute Gasteiger partial charge is 0.380 e. The minimum absolute atomic E-state index is 0.0827. The number of nitrogens with zero attached hydrogens (tertiary/aromatic N) is 3. The van der Waals surface area contributed by atoms with Gasteiger partial charge in [0.2, 0.25) is 0 Å². The molecule has 0 radical (unpaired) electrons. The van der Waals surface area contributed by atoms with Crippen molar-refractivity contribution in [1.82, 2.24) is 14.8 Å². The van der Waals surface area contributed by atoms with Crippen molar-refractivity contribution < 1.29 is 9.13 Å². The zero-order chi connectivity index (χ0) is 18.5. The molecule has 0 bridgehead atoms. The number of ether oxygens (including phenoxy) is 1. The van der Waals surface area contributed by atoms with Crippen LogP contribution in [0.15, 0.2) is 48.8 Å². The molecule has 0 aliphatic carbocycles. The minimum Gasteiger partial charge on any atom is -0.380 e. The first-order valence-electron chi connectivity index (χ1n) is 9.91. The summed E-state index contributed by atoms with van der Waals surface area (Å²) in [6, 6.07) is 11.2. The highest BCUT2D eigenvalue weighted by Gasteiger charge is 2.38. The van der Waals surface area contributed by atoms with E-state index in [2.05, 4.69) is 26.9 Å². The molecule has 2 aromatic rings. The summed E-state index contributed by atoms with van der Waals surface area (Å²) in [6.07, 6.45) is 5.90. The molecular weight excluding hydrogens is 341 g/mol. The molecule has 0 N–H and O–H groups in total. The Labute approximate surface area is 161 Å². The van der Waals surface area contributed by atoms with Gasteiger partial charge in [0.1, 0.15) is 5.82 Å². The van der Waals surface area contributed by atoms with Gasteiger partial charge in [-0.15, -0.1) is 0 Å². The average molecular weight is 369 g/mol. The maximum absolute atomic E-state index is 13.8. The first kappa shape index (κ1) is 18.5. The smallest absolute Gasteiger partial charge is 0.123 e. The summed E-state index contributed by atoms with van der Waals surface area (Å²) in [6.45, 7) is 7.63. The fourth-order valence-electron chi connectivity index (χ4n) is 4.39. The van der Waals surface area contributed by atoms with E-state index < -0.39 is 0 Å². The molecule has 4 nitrogen and oxygen atoms in total. The Kier molecular flexibility index (Phi) is 5.81. The molecular formula is C22H28FN3O. The Hall–Kier alpha value is -1.82. The van der Waals surface area contributed by atoms with Crippen LogP contribution in [-0.4, -0.2) is 60.7 Å². The van der Waals surface area contributed by atoms with Gasteiger partial charge in [-0.1, -0.05) is 18.2 Å². The first-order chi connectivity index (χ1) is 13.2. The van der Waals surface area contributed by atoms with E-state index in [1.54, 1.807) is 6.07 Å². The molecule has 4 rings (SSSR count). The highest BCUT2D eigenvalue weighted by atomic mass is 19.1. The van der Waals surface area contributed by atoms with Crippen molar-refractivity contribution in [2.24, 2.45) is 0 Å². The van der Waals surface area contributed by atoms with Gasteiger partial charge in [-0.05, 0) is 55.3 Å². The van der Waals surface area contributed by atoms with Crippen molar-refractivity contribution >= 4 is 0 Å². The predicted octanol–water partition coefficient (Wildman–Crippen LogP) is 3.09. The number of rotatable bonds is 5. The summed E-state index contributed by atoms with van der Waals surface area (Å²) in [4.78, 5) is 9.28. The van der Waals surface area contributed by atoms with Crippen LogP contribution < -0.4 is 0 Å². The van der Waals surface area contributed by atoms with Crippen LogP contribution in [0.3, 0.4) is 0 Å². The third-order valence-corrected chi connectivity index (χ3v) is 5.88. The Morgan fingerprint density at radius 2 is 1.96 bits per heavy atom. The second-order valence-electron chi connectivity index (χ2n) is 7.86. The fourth-order valence-corrected chi connectivity index (χ4v) is 4.39. The number of aromatic nitrogens is 1. The van der Waals surface area contributed by atoms with E-state index in [-0.39, 0.29) is 11.2 Å². The predicted molar refractivity (Wildman–Crippen MR) is 104 cm³/mol. The summed E-state index contributed by atoms with van der Waals surface area (Å²) in [7, 11) is 0. The zero-order valence-corrected chi connectivity index (χ0v) is 15.8. The zero-order valence-electron chi connectivity index (χ0n) is 15.8. The summed E-state index contributed by atoms with van der Waals surface area (Å²) in [5.74, 6) is -0.155. The highest BCUT2D eigenvalue weighted by molar-refractivity contribution is 5.28. The van der Waals surface area contributed by atoms with Crippen LogP contribution >= 0.6 is 0 Å². The van der Waals surface area contributed by atoms with Gasteiger partial charge in [0.25, 0.3) is 0 Å². The van der Waals surface area contributed by atoms with Crippen molar-refractivity contribution in [3.63, 3.8) is 0 Å². The molecule has 0 amide bonds. The third-order valence-electron chi connectivity index (χ3n) is 5.88. The molecule has 0 spiro atoms. The lowest BCUT2D eigenvalue weighted by Gasteiger charge is -2.34. The quantitative estimate of drug-likeness (QED) is 0.810. The van der Waals surface area contributed by atoms with E-state index in [1.165, 1.54) is 11.6 Å². The molecule has 5 heteroatoms. The van der Waals surface area contributed by atoms with Crippen LogP contribution in [-0.2, 0) is 16.7 Å². The van der Waals surface area contributed by atoms with Crippen molar-refractivity contribution in [3.8, 4) is 0 Å². The lowest BCUT2D eigenvalue weighted by molar-refractivity contribution is 0.150. The molecule has 1 aromatic heterocycles. The monoisotopic (exact) mass is 369 g/mol. The average Bonchev–Trinajstić information content (AvgIpc) is 3.06. The standard InChI is InChI=1S/C22H28FN3O/c23-21-6-1-5-20(14-21)22(7-13-27-18-22)17-26-10-3-9-25(11-12-26)16-19-4-2-8-24-15-19/h1-2,4-6,8,14-15H,3,7,9-13,16-18H2. The van der Waals surface area contributed by atoms with Gasteiger partial charge in [-0.25, -0.2) is 4.39 Å². The maximum Gasteiger partial charge on any atom is 0.123 e. The molecule has 0 saturated carbocycles. The second-order valence-corrected chi connectivity index (χ2v) is 7.86. The van der Waals surface area contributed by atoms with Crippen LogP contribution in [0.1, 0.15) is 24.0 Å². The number of hydrogen-bond donors (Lipinski definition) is 0. The lowest BCUT2D eigenvalue weighted by atomic mass is 9.79. The highest BCUT2D eigenvalue weighted by Crippen LogP contribution is 2.34. The Bertz CT molecular complexity index is 733. The van der Waals surface area contributed by atoms with Gasteiger partial charge >= 0.3 is 0 Å². The van der Waals surface area contributed by atoms with Crippen LogP contribution in [0, 0.1) is 5.82 Å². The summed E-state index contributed by atoms with van der Waals surface area (Å²) < 4.78 is 19.6. The van der Waals surface area contributed by atoms with Crippen LogP contribution in [0.2, 0.25) is 0 Å². The van der Waals surface area contributed by atoms with E-state index in [1.807, 2.05) is 24.5 Å². The molecule has 2 aliphatic rings. The minimum atomic E-state index is -0.155. The molecule has 2 aliphatic heterocycles. The van der Waals surface area contributed by atoms with Crippen LogP contribution in [0.5, 0.6) is 0 Å². The van der Waals surface area contributed by atoms with Gasteiger partial charge in [-0.3, -0.25) is 9.88 Å². The van der Waals surface area contributed by atoms with E-state index in [0.717, 1.165) is 64.3 Å². The SMILES string of the molecule is Fc1cccc(C2(CN3CCCN(Cc4cccnc4)CC3)CCOC2)c1. The topological polar surface area (TPSA) is 28.6 Å². The Morgan fingerprint density at radius 3 is 2.74 bits per heavy atom. The second kappa shape index (κ2) is 8.46. The van der Waals surface area contributed by atoms with E-state index in [0.29, 0.717) is 6.61 Å². The van der Waals surface area contributed by atoms with Gasteiger partial charge in [0.15, 0.2) is 0 Å². The van der Waals surface area contributed by atoms with Crippen molar-refractivity contribution in [2.75, 3.05) is 45.9 Å². The molecule has 2 fully saturated rings. The van der Waals surface area contributed by atoms with E-state index in [4.69, 9.17) is 4.74 Å². The summed E-state index contributed by atoms with van der Waals surface area (Å²) >= 11 is 0. The van der Waals surface area contributed by atoms with E-state index >= 15 is 0 Å². The number of benzene rings is 1. The molecule has 1 atom stereocenters. The fraction of sp³-hybridized carbons (Fsp3) is 0.500. The normalized spacial score (nSPS) is 24.8. The van der Waals surface area contributed by atoms with Crippen LogP contribution in [0.4, 0.5) is 4.39 Å². The Morgan fingerprint density at radius 1 is 1.07 bits per heavy atom. The molecule has 144 valence electrons. The van der Waals surface area contributed by atoms with Crippen molar-refractivity contribution in [3.05, 3.63) is 65.7 Å². The number of pyridine rings is 1. The van der Waals surface area contributed by atoms with E-state index in [9.17, 15) is 4.39 Å². The molecule has 2 saturated heterocycles. The van der Waals surface area contributed by atoms with Gasteiger partial charge in [0.05, 0.1) is 6.61 Å². The molecule has 1 unspecified atom stereocenters. The van der Waals surface area contributed by atoms with Crippen molar-refractivity contribution in [1.29, 1.82) is 0 Å². The molecule has 3 heterocycles. The number of hydrogen-bond acceptors (Lipinski definition) is 4. The molecule has 27 heavy (non-hydrogen) atoms. The van der Waals surface area contributed by atoms with Gasteiger partial charge in [-0.2, -0.15) is 0 Å². The number of halogens is 1. The maximum atomic E-state index is 13.8.